The quantitative estimate of drug-likeness (QED) is 0.471. The van der Waals surface area contributed by atoms with E-state index in [-0.39, 0.29) is 0 Å². The molecule has 1 fully saturated rings. The van der Waals surface area contributed by atoms with Crippen molar-refractivity contribution >= 4 is 0 Å². The Bertz CT molecular complexity index is 134. The fourth-order valence-electron chi connectivity index (χ4n) is 1.68. The molecule has 1 heteroatoms. The van der Waals surface area contributed by atoms with E-state index in [4.69, 9.17) is 5.26 Å². The Morgan fingerprint density at radius 3 is 2.60 bits per heavy atom. The van der Waals surface area contributed by atoms with E-state index >= 15 is 0 Å². The predicted octanol–water partition coefficient (Wildman–Crippen LogP) is 2.73. The van der Waals surface area contributed by atoms with Crippen molar-refractivity contribution in [1.29, 1.82) is 5.26 Å². The van der Waals surface area contributed by atoms with Crippen LogP contribution in [0.5, 0.6) is 0 Å². The number of hydrogen-bond donors (Lipinski definition) is 0. The standard InChI is InChI=1S/C9H15N/c1-8-5-3-2-4-6-9(8)7-10/h8-9H,2-6H2,1H3. The first-order valence-corrected chi connectivity index (χ1v) is 4.24. The molecule has 1 aliphatic rings. The molecular formula is C9H15N. The van der Waals surface area contributed by atoms with Gasteiger partial charge in [0.25, 0.3) is 0 Å². The van der Waals surface area contributed by atoms with Crippen molar-refractivity contribution < 1.29 is 0 Å². The van der Waals surface area contributed by atoms with Crippen LogP contribution in [-0.4, -0.2) is 0 Å². The summed E-state index contributed by atoms with van der Waals surface area (Å²) >= 11 is 0. The Balaban J connectivity index is 2.45. The SMILES string of the molecule is CC1CCCCCC1C#N. The maximum atomic E-state index is 8.74. The van der Waals surface area contributed by atoms with Crippen LogP contribution < -0.4 is 0 Å². The highest BCUT2D eigenvalue weighted by Crippen LogP contribution is 2.27. The van der Waals surface area contributed by atoms with Crippen molar-refractivity contribution in [2.45, 2.75) is 39.0 Å². The molecule has 0 aliphatic heterocycles. The van der Waals surface area contributed by atoms with E-state index in [1.165, 1.54) is 25.7 Å². The van der Waals surface area contributed by atoms with Gasteiger partial charge in [-0.3, -0.25) is 0 Å². The topological polar surface area (TPSA) is 23.8 Å². The Labute approximate surface area is 63.0 Å². The minimum absolute atomic E-state index is 0.350. The van der Waals surface area contributed by atoms with Gasteiger partial charge < -0.3 is 0 Å². The Morgan fingerprint density at radius 2 is 1.90 bits per heavy atom. The minimum atomic E-state index is 0.350. The van der Waals surface area contributed by atoms with Crippen molar-refractivity contribution in [3.05, 3.63) is 0 Å². The van der Waals surface area contributed by atoms with E-state index in [1.807, 2.05) is 0 Å². The summed E-state index contributed by atoms with van der Waals surface area (Å²) < 4.78 is 0. The molecule has 1 rings (SSSR count). The van der Waals surface area contributed by atoms with Crippen LogP contribution >= 0.6 is 0 Å². The van der Waals surface area contributed by atoms with E-state index in [0.29, 0.717) is 11.8 Å². The van der Waals surface area contributed by atoms with E-state index in [2.05, 4.69) is 13.0 Å². The van der Waals surface area contributed by atoms with Crippen LogP contribution in [0, 0.1) is 23.2 Å². The van der Waals surface area contributed by atoms with Crippen LogP contribution in [0.4, 0.5) is 0 Å². The van der Waals surface area contributed by atoms with Gasteiger partial charge in [-0.1, -0.05) is 26.2 Å². The molecule has 2 atom stereocenters. The largest absolute Gasteiger partial charge is 0.198 e. The molecule has 0 heterocycles. The van der Waals surface area contributed by atoms with Gasteiger partial charge >= 0.3 is 0 Å². The Hall–Kier alpha value is -0.510. The van der Waals surface area contributed by atoms with Gasteiger partial charge in [-0.25, -0.2) is 0 Å². The number of nitriles is 1. The van der Waals surface area contributed by atoms with Crippen LogP contribution in [0.3, 0.4) is 0 Å². The van der Waals surface area contributed by atoms with Crippen molar-refractivity contribution in [1.82, 2.24) is 0 Å². The summed E-state index contributed by atoms with van der Waals surface area (Å²) in [5.74, 6) is 0.995. The molecule has 2 unspecified atom stereocenters. The Kier molecular flexibility index (Phi) is 2.74. The fourth-order valence-corrected chi connectivity index (χ4v) is 1.68. The van der Waals surface area contributed by atoms with Gasteiger partial charge in [0.2, 0.25) is 0 Å². The van der Waals surface area contributed by atoms with Gasteiger partial charge in [-0.2, -0.15) is 5.26 Å². The predicted molar refractivity (Wildman–Crippen MR) is 41.4 cm³/mol. The summed E-state index contributed by atoms with van der Waals surface area (Å²) in [5, 5.41) is 8.74. The van der Waals surface area contributed by atoms with Crippen LogP contribution in [0.2, 0.25) is 0 Å². The monoisotopic (exact) mass is 137 g/mol. The molecule has 1 nitrogen and oxygen atoms in total. The third kappa shape index (κ3) is 1.73. The summed E-state index contributed by atoms with van der Waals surface area (Å²) in [4.78, 5) is 0. The van der Waals surface area contributed by atoms with Crippen molar-refractivity contribution in [2.75, 3.05) is 0 Å². The van der Waals surface area contributed by atoms with Crippen LogP contribution in [0.15, 0.2) is 0 Å². The minimum Gasteiger partial charge on any atom is -0.198 e. The van der Waals surface area contributed by atoms with Crippen molar-refractivity contribution in [3.63, 3.8) is 0 Å². The van der Waals surface area contributed by atoms with Crippen molar-refractivity contribution in [2.24, 2.45) is 11.8 Å². The lowest BCUT2D eigenvalue weighted by atomic mass is 9.91. The van der Waals surface area contributed by atoms with Gasteiger partial charge in [0.05, 0.1) is 6.07 Å². The van der Waals surface area contributed by atoms with Crippen LogP contribution in [-0.2, 0) is 0 Å². The summed E-state index contributed by atoms with van der Waals surface area (Å²) in [6.07, 6.45) is 6.33. The van der Waals surface area contributed by atoms with Gasteiger partial charge in [0, 0.05) is 5.92 Å². The zero-order valence-corrected chi connectivity index (χ0v) is 6.64. The lowest BCUT2D eigenvalue weighted by Gasteiger charge is -2.11. The zero-order chi connectivity index (χ0) is 7.40. The average Bonchev–Trinajstić information content (AvgIpc) is 2.13. The van der Waals surface area contributed by atoms with Gasteiger partial charge in [0.1, 0.15) is 0 Å². The smallest absolute Gasteiger partial charge is 0.0658 e. The molecule has 56 valence electrons. The highest BCUT2D eigenvalue weighted by atomic mass is 14.3. The molecule has 0 amide bonds. The molecule has 0 aromatic heterocycles. The molecule has 0 radical (unpaired) electrons. The molecule has 0 bridgehead atoms. The first-order chi connectivity index (χ1) is 4.84. The summed E-state index contributed by atoms with van der Waals surface area (Å²) in [6.45, 7) is 2.21. The van der Waals surface area contributed by atoms with E-state index in [0.717, 1.165) is 6.42 Å². The van der Waals surface area contributed by atoms with E-state index in [9.17, 15) is 0 Å². The third-order valence-corrected chi connectivity index (χ3v) is 2.53. The number of rotatable bonds is 0. The molecule has 1 saturated carbocycles. The van der Waals surface area contributed by atoms with Crippen LogP contribution in [0.1, 0.15) is 39.0 Å². The lowest BCUT2D eigenvalue weighted by molar-refractivity contribution is 0.415. The van der Waals surface area contributed by atoms with Crippen LogP contribution in [0.25, 0.3) is 0 Å². The second-order valence-corrected chi connectivity index (χ2v) is 3.35. The maximum Gasteiger partial charge on any atom is 0.0658 e. The molecular weight excluding hydrogens is 122 g/mol. The first-order valence-electron chi connectivity index (χ1n) is 4.24. The summed E-state index contributed by atoms with van der Waals surface area (Å²) in [6, 6.07) is 2.39. The number of nitrogens with zero attached hydrogens (tertiary/aromatic N) is 1. The van der Waals surface area contributed by atoms with E-state index < -0.39 is 0 Å². The molecule has 0 saturated heterocycles. The van der Waals surface area contributed by atoms with Gasteiger partial charge in [0.15, 0.2) is 0 Å². The first kappa shape index (κ1) is 7.60. The molecule has 0 aromatic carbocycles. The van der Waals surface area contributed by atoms with Gasteiger partial charge in [-0.15, -0.1) is 0 Å². The fraction of sp³-hybridized carbons (Fsp3) is 0.889. The maximum absolute atomic E-state index is 8.74. The molecule has 0 aromatic rings. The second-order valence-electron chi connectivity index (χ2n) is 3.35. The lowest BCUT2D eigenvalue weighted by Crippen LogP contribution is -2.06. The molecule has 0 N–H and O–H groups in total. The normalized spacial score (nSPS) is 34.4. The summed E-state index contributed by atoms with van der Waals surface area (Å²) in [5.41, 5.74) is 0. The van der Waals surface area contributed by atoms with E-state index in [1.54, 1.807) is 0 Å². The summed E-state index contributed by atoms with van der Waals surface area (Å²) in [7, 11) is 0. The van der Waals surface area contributed by atoms with Crippen molar-refractivity contribution in [3.8, 4) is 6.07 Å². The highest BCUT2D eigenvalue weighted by Gasteiger charge is 2.18. The van der Waals surface area contributed by atoms with Gasteiger partial charge in [-0.05, 0) is 18.8 Å². The molecule has 1 aliphatic carbocycles. The second kappa shape index (κ2) is 3.61. The molecule has 10 heavy (non-hydrogen) atoms. The molecule has 0 spiro atoms. The zero-order valence-electron chi connectivity index (χ0n) is 6.64. The highest BCUT2D eigenvalue weighted by molar-refractivity contribution is 4.87. The average molecular weight is 137 g/mol. The Morgan fingerprint density at radius 1 is 1.20 bits per heavy atom. The number of hydrogen-bond acceptors (Lipinski definition) is 1. The third-order valence-electron chi connectivity index (χ3n) is 2.53.